The molecule has 1 aromatic carbocycles. The summed E-state index contributed by atoms with van der Waals surface area (Å²) in [7, 11) is 1.67. The van der Waals surface area contributed by atoms with Crippen molar-refractivity contribution in [3.05, 3.63) is 36.1 Å². The van der Waals surface area contributed by atoms with Gasteiger partial charge in [-0.1, -0.05) is 18.2 Å². The number of carbonyl (C=O) groups is 1. The number of fused-ring (bicyclic) bond motifs is 1. The molecule has 1 aliphatic heterocycles. The molecule has 0 unspecified atom stereocenters. The van der Waals surface area contributed by atoms with Crippen LogP contribution in [0.3, 0.4) is 0 Å². The van der Waals surface area contributed by atoms with Crippen LogP contribution in [0.25, 0.3) is 11.0 Å². The molecule has 0 saturated carbocycles. The number of ether oxygens (including phenoxy) is 2. The average molecular weight is 345 g/mol. The van der Waals surface area contributed by atoms with Crippen molar-refractivity contribution in [1.29, 1.82) is 0 Å². The molecule has 2 heterocycles. The van der Waals surface area contributed by atoms with Gasteiger partial charge in [-0.25, -0.2) is 0 Å². The highest BCUT2D eigenvalue weighted by molar-refractivity contribution is 5.78. The summed E-state index contributed by atoms with van der Waals surface area (Å²) in [5.41, 5.74) is 0.432. The quantitative estimate of drug-likeness (QED) is 0.718. The fourth-order valence-electron chi connectivity index (χ4n) is 3.75. The van der Waals surface area contributed by atoms with Crippen molar-refractivity contribution in [1.82, 2.24) is 4.90 Å². The van der Waals surface area contributed by atoms with Gasteiger partial charge in [-0.15, -0.1) is 0 Å². The molecule has 0 N–H and O–H groups in total. The molecule has 1 saturated heterocycles. The molecule has 3 rings (SSSR count). The number of carbonyl (C=O) groups excluding carboxylic acids is 1. The first-order valence-corrected chi connectivity index (χ1v) is 9.03. The molecule has 0 spiro atoms. The van der Waals surface area contributed by atoms with E-state index in [0.29, 0.717) is 32.7 Å². The summed E-state index contributed by atoms with van der Waals surface area (Å²) in [6.45, 7) is 5.20. The Balaban J connectivity index is 1.74. The lowest BCUT2D eigenvalue weighted by Crippen LogP contribution is -2.48. The molecule has 25 heavy (non-hydrogen) atoms. The van der Waals surface area contributed by atoms with Crippen LogP contribution in [0.1, 0.15) is 31.9 Å². The predicted molar refractivity (Wildman–Crippen MR) is 96.3 cm³/mol. The first-order chi connectivity index (χ1) is 12.2. The minimum Gasteiger partial charge on any atom is -0.466 e. The third-order valence-electron chi connectivity index (χ3n) is 5.01. The van der Waals surface area contributed by atoms with Crippen molar-refractivity contribution < 1.29 is 18.7 Å². The van der Waals surface area contributed by atoms with Crippen LogP contribution < -0.4 is 0 Å². The topological polar surface area (TPSA) is 51.9 Å². The van der Waals surface area contributed by atoms with Gasteiger partial charge in [-0.2, -0.15) is 0 Å². The zero-order valence-electron chi connectivity index (χ0n) is 15.1. The number of piperidine rings is 1. The molecule has 5 nitrogen and oxygen atoms in total. The number of hydrogen-bond acceptors (Lipinski definition) is 5. The summed E-state index contributed by atoms with van der Waals surface area (Å²) in [4.78, 5) is 14.9. The van der Waals surface area contributed by atoms with Gasteiger partial charge in [-0.3, -0.25) is 9.69 Å². The monoisotopic (exact) mass is 345 g/mol. The van der Waals surface area contributed by atoms with Crippen molar-refractivity contribution >= 4 is 16.9 Å². The Bertz CT molecular complexity index is 678. The van der Waals surface area contributed by atoms with E-state index in [1.807, 2.05) is 25.1 Å². The Morgan fingerprint density at radius 2 is 2.20 bits per heavy atom. The van der Waals surface area contributed by atoms with E-state index in [4.69, 9.17) is 13.9 Å². The van der Waals surface area contributed by atoms with Gasteiger partial charge in [0.25, 0.3) is 0 Å². The fraction of sp³-hybridized carbons (Fsp3) is 0.550. The second kappa shape index (κ2) is 8.02. The Kier molecular flexibility index (Phi) is 5.76. The Hall–Kier alpha value is -1.85. The van der Waals surface area contributed by atoms with Crippen LogP contribution in [0.4, 0.5) is 0 Å². The summed E-state index contributed by atoms with van der Waals surface area (Å²) in [6.07, 6.45) is 2.52. The number of para-hydroxylation sites is 1. The van der Waals surface area contributed by atoms with E-state index in [1.54, 1.807) is 7.11 Å². The molecule has 5 heteroatoms. The van der Waals surface area contributed by atoms with Gasteiger partial charge in [0.15, 0.2) is 0 Å². The van der Waals surface area contributed by atoms with Gasteiger partial charge in [0.2, 0.25) is 0 Å². The molecule has 0 bridgehead atoms. The lowest BCUT2D eigenvalue weighted by molar-refractivity contribution is -0.161. The van der Waals surface area contributed by atoms with Gasteiger partial charge in [0.05, 0.1) is 18.6 Å². The number of hydrogen-bond donors (Lipinski definition) is 0. The molecular weight excluding hydrogens is 318 g/mol. The lowest BCUT2D eigenvalue weighted by Gasteiger charge is -2.40. The van der Waals surface area contributed by atoms with Gasteiger partial charge >= 0.3 is 5.97 Å². The maximum Gasteiger partial charge on any atom is 0.313 e. The zero-order chi connectivity index (χ0) is 17.7. The van der Waals surface area contributed by atoms with Crippen LogP contribution in [0.15, 0.2) is 34.7 Å². The summed E-state index contributed by atoms with van der Waals surface area (Å²) in [6, 6.07) is 10.1. The zero-order valence-corrected chi connectivity index (χ0v) is 15.1. The highest BCUT2D eigenvalue weighted by Gasteiger charge is 2.43. The van der Waals surface area contributed by atoms with Gasteiger partial charge in [0, 0.05) is 25.6 Å². The lowest BCUT2D eigenvalue weighted by atomic mass is 9.77. The van der Waals surface area contributed by atoms with Crippen LogP contribution in [0, 0.1) is 5.41 Å². The molecule has 2 aromatic rings. The van der Waals surface area contributed by atoms with Crippen LogP contribution in [-0.2, 0) is 20.8 Å². The second-order valence-electron chi connectivity index (χ2n) is 6.81. The van der Waals surface area contributed by atoms with Crippen molar-refractivity contribution in [2.45, 2.75) is 32.7 Å². The average Bonchev–Trinajstić information content (AvgIpc) is 3.02. The fourth-order valence-corrected chi connectivity index (χ4v) is 3.75. The van der Waals surface area contributed by atoms with E-state index < -0.39 is 5.41 Å². The molecular formula is C20H27NO4. The summed E-state index contributed by atoms with van der Waals surface area (Å²) in [5.74, 6) is 0.842. The number of esters is 1. The number of benzene rings is 1. The van der Waals surface area contributed by atoms with Crippen molar-refractivity contribution in [2.24, 2.45) is 5.41 Å². The number of likely N-dealkylation sites (tertiary alicyclic amines) is 1. The number of furan rings is 1. The Morgan fingerprint density at radius 3 is 2.96 bits per heavy atom. The standard InChI is InChI=1S/C20H27NO4/c1-3-24-19(22)20(10-12-23-2)9-6-11-21(15-20)14-17-13-16-7-4-5-8-18(16)25-17/h4-5,7-8,13H,3,6,9-12,14-15H2,1-2H3/t20-/m1/s1. The normalized spacial score (nSPS) is 21.5. The molecule has 0 amide bonds. The highest BCUT2D eigenvalue weighted by atomic mass is 16.5. The van der Waals surface area contributed by atoms with Crippen LogP contribution in [0.2, 0.25) is 0 Å². The minimum atomic E-state index is -0.476. The van der Waals surface area contributed by atoms with E-state index in [1.165, 1.54) is 0 Å². The smallest absolute Gasteiger partial charge is 0.313 e. The SMILES string of the molecule is CCOC(=O)[C@@]1(CCOC)CCCN(Cc2cc3ccccc3o2)C1. The third-order valence-corrected chi connectivity index (χ3v) is 5.01. The first kappa shape index (κ1) is 18.0. The highest BCUT2D eigenvalue weighted by Crippen LogP contribution is 2.36. The molecule has 1 atom stereocenters. The number of nitrogens with zero attached hydrogens (tertiary/aromatic N) is 1. The second-order valence-corrected chi connectivity index (χ2v) is 6.81. The van der Waals surface area contributed by atoms with E-state index in [0.717, 1.165) is 36.1 Å². The third kappa shape index (κ3) is 4.05. The van der Waals surface area contributed by atoms with Gasteiger partial charge in [-0.05, 0) is 44.9 Å². The van der Waals surface area contributed by atoms with Crippen molar-refractivity contribution in [3.63, 3.8) is 0 Å². The van der Waals surface area contributed by atoms with Gasteiger partial charge in [0.1, 0.15) is 11.3 Å². The number of methoxy groups -OCH3 is 1. The van der Waals surface area contributed by atoms with E-state index >= 15 is 0 Å². The Labute approximate surface area is 148 Å². The van der Waals surface area contributed by atoms with E-state index in [2.05, 4.69) is 17.0 Å². The molecule has 0 radical (unpaired) electrons. The molecule has 1 aromatic heterocycles. The number of rotatable bonds is 7. The van der Waals surface area contributed by atoms with Crippen LogP contribution in [0.5, 0.6) is 0 Å². The maximum atomic E-state index is 12.6. The maximum absolute atomic E-state index is 12.6. The molecule has 0 aliphatic carbocycles. The van der Waals surface area contributed by atoms with Crippen molar-refractivity contribution in [2.75, 3.05) is 33.4 Å². The van der Waals surface area contributed by atoms with E-state index in [-0.39, 0.29) is 5.97 Å². The van der Waals surface area contributed by atoms with Crippen molar-refractivity contribution in [3.8, 4) is 0 Å². The van der Waals surface area contributed by atoms with Gasteiger partial charge < -0.3 is 13.9 Å². The molecule has 136 valence electrons. The minimum absolute atomic E-state index is 0.0960. The summed E-state index contributed by atoms with van der Waals surface area (Å²) < 4.78 is 16.6. The van der Waals surface area contributed by atoms with E-state index in [9.17, 15) is 4.79 Å². The first-order valence-electron chi connectivity index (χ1n) is 9.03. The Morgan fingerprint density at radius 1 is 1.36 bits per heavy atom. The van der Waals surface area contributed by atoms with Crippen LogP contribution >= 0.6 is 0 Å². The van der Waals surface area contributed by atoms with Crippen LogP contribution in [-0.4, -0.2) is 44.3 Å². The summed E-state index contributed by atoms with van der Waals surface area (Å²) in [5, 5.41) is 1.12. The predicted octanol–water partition coefficient (Wildman–Crippen LogP) is 3.61. The molecule has 1 fully saturated rings. The summed E-state index contributed by atoms with van der Waals surface area (Å²) >= 11 is 0. The molecule has 1 aliphatic rings. The largest absolute Gasteiger partial charge is 0.466 e.